The van der Waals surface area contributed by atoms with Crippen molar-refractivity contribution in [3.8, 4) is 0 Å². The molecular weight excluding hydrogens is 212 g/mol. The fraction of sp³-hybridized carbons (Fsp3) is 0.571. The second kappa shape index (κ2) is 6.74. The minimum atomic E-state index is 0.891. The quantitative estimate of drug-likeness (QED) is 0.767. The Labute approximate surface area is 104 Å². The van der Waals surface area contributed by atoms with E-state index in [9.17, 15) is 0 Å². The normalized spacial score (nSPS) is 17.5. The zero-order valence-electron chi connectivity index (χ0n) is 10.6. The Morgan fingerprint density at radius 3 is 2.59 bits per heavy atom. The fourth-order valence-electron chi connectivity index (χ4n) is 2.11. The molecule has 0 N–H and O–H groups in total. The average Bonchev–Trinajstić information content (AvgIpc) is 2.39. The molecule has 0 bridgehead atoms. The van der Waals surface area contributed by atoms with Crippen LogP contribution in [0.3, 0.4) is 0 Å². The average molecular weight is 234 g/mol. The summed E-state index contributed by atoms with van der Waals surface area (Å²) in [6.07, 6.45) is 0. The predicted octanol–water partition coefficient (Wildman–Crippen LogP) is 1.45. The summed E-state index contributed by atoms with van der Waals surface area (Å²) < 4.78 is 5.35. The van der Waals surface area contributed by atoms with Crippen LogP contribution in [0.2, 0.25) is 0 Å². The largest absolute Gasteiger partial charge is 0.379 e. The number of hydrogen-bond donors (Lipinski definition) is 0. The Morgan fingerprint density at radius 1 is 1.18 bits per heavy atom. The topological polar surface area (TPSA) is 15.7 Å². The van der Waals surface area contributed by atoms with Crippen molar-refractivity contribution in [2.24, 2.45) is 0 Å². The third-order valence-corrected chi connectivity index (χ3v) is 3.20. The second-order valence-corrected chi connectivity index (χ2v) is 4.68. The Morgan fingerprint density at radius 2 is 1.88 bits per heavy atom. The van der Waals surface area contributed by atoms with E-state index in [4.69, 9.17) is 4.74 Å². The molecule has 1 aromatic rings. The van der Waals surface area contributed by atoms with E-state index in [0.29, 0.717) is 0 Å². The van der Waals surface area contributed by atoms with Crippen LogP contribution < -0.4 is 0 Å². The lowest BCUT2D eigenvalue weighted by atomic mass is 10.2. The molecule has 3 nitrogen and oxygen atoms in total. The molecule has 2 rings (SSSR count). The first-order chi connectivity index (χ1) is 8.34. The van der Waals surface area contributed by atoms with Crippen LogP contribution in [0.1, 0.15) is 5.56 Å². The van der Waals surface area contributed by atoms with Crippen LogP contribution in [0.4, 0.5) is 0 Å². The van der Waals surface area contributed by atoms with Gasteiger partial charge in [-0.05, 0) is 12.6 Å². The number of benzene rings is 1. The summed E-state index contributed by atoms with van der Waals surface area (Å²) in [5.41, 5.74) is 1.39. The van der Waals surface area contributed by atoms with Gasteiger partial charge < -0.3 is 9.64 Å². The molecule has 0 unspecified atom stereocenters. The molecule has 0 aromatic heterocycles. The maximum absolute atomic E-state index is 5.35. The molecule has 0 radical (unpaired) electrons. The van der Waals surface area contributed by atoms with Crippen LogP contribution in [0.15, 0.2) is 30.3 Å². The van der Waals surface area contributed by atoms with E-state index >= 15 is 0 Å². The van der Waals surface area contributed by atoms with Crippen LogP contribution in [-0.2, 0) is 11.3 Å². The van der Waals surface area contributed by atoms with Gasteiger partial charge in [0.15, 0.2) is 0 Å². The van der Waals surface area contributed by atoms with Gasteiger partial charge in [-0.1, -0.05) is 30.3 Å². The van der Waals surface area contributed by atoms with Gasteiger partial charge >= 0.3 is 0 Å². The van der Waals surface area contributed by atoms with Gasteiger partial charge in [0, 0.05) is 32.7 Å². The first-order valence-electron chi connectivity index (χ1n) is 6.37. The van der Waals surface area contributed by atoms with E-state index in [1.165, 1.54) is 5.56 Å². The van der Waals surface area contributed by atoms with Crippen molar-refractivity contribution in [2.75, 3.05) is 46.4 Å². The number of likely N-dealkylation sites (N-methyl/N-ethyl adjacent to an activating group) is 1. The van der Waals surface area contributed by atoms with E-state index in [1.54, 1.807) is 0 Å². The lowest BCUT2D eigenvalue weighted by Crippen LogP contribution is -2.40. The van der Waals surface area contributed by atoms with Gasteiger partial charge in [0.05, 0.1) is 13.2 Å². The lowest BCUT2D eigenvalue weighted by Gasteiger charge is -2.28. The standard InChI is InChI=1S/C14H22N2O/c1-15(13-14-5-3-2-4-6-14)7-8-16-9-11-17-12-10-16/h2-6H,7-13H2,1H3. The van der Waals surface area contributed by atoms with Gasteiger partial charge in [0.25, 0.3) is 0 Å². The smallest absolute Gasteiger partial charge is 0.0594 e. The van der Waals surface area contributed by atoms with Crippen molar-refractivity contribution in [3.63, 3.8) is 0 Å². The summed E-state index contributed by atoms with van der Waals surface area (Å²) >= 11 is 0. The molecule has 1 aromatic carbocycles. The van der Waals surface area contributed by atoms with Gasteiger partial charge in [0.2, 0.25) is 0 Å². The third-order valence-electron chi connectivity index (χ3n) is 3.20. The van der Waals surface area contributed by atoms with Crippen LogP contribution in [0.25, 0.3) is 0 Å². The molecule has 1 saturated heterocycles. The van der Waals surface area contributed by atoms with Crippen LogP contribution in [0.5, 0.6) is 0 Å². The maximum atomic E-state index is 5.35. The maximum Gasteiger partial charge on any atom is 0.0594 e. The number of nitrogens with zero attached hydrogens (tertiary/aromatic N) is 2. The number of ether oxygens (including phenoxy) is 1. The van der Waals surface area contributed by atoms with Gasteiger partial charge in [-0.2, -0.15) is 0 Å². The molecule has 94 valence electrons. The first-order valence-corrected chi connectivity index (χ1v) is 6.37. The zero-order valence-corrected chi connectivity index (χ0v) is 10.6. The number of morpholine rings is 1. The molecule has 3 heteroatoms. The lowest BCUT2D eigenvalue weighted by molar-refractivity contribution is 0.0342. The van der Waals surface area contributed by atoms with E-state index in [1.807, 2.05) is 0 Å². The number of hydrogen-bond acceptors (Lipinski definition) is 3. The molecule has 0 spiro atoms. The van der Waals surface area contributed by atoms with Crippen LogP contribution >= 0.6 is 0 Å². The highest BCUT2D eigenvalue weighted by Crippen LogP contribution is 2.03. The molecule has 1 heterocycles. The number of rotatable bonds is 5. The first kappa shape index (κ1) is 12.6. The molecule has 1 aliphatic rings. The van der Waals surface area contributed by atoms with E-state index in [0.717, 1.165) is 45.9 Å². The zero-order chi connectivity index (χ0) is 11.9. The third kappa shape index (κ3) is 4.46. The Balaban J connectivity index is 1.68. The van der Waals surface area contributed by atoms with E-state index in [-0.39, 0.29) is 0 Å². The van der Waals surface area contributed by atoms with Crippen LogP contribution in [-0.4, -0.2) is 56.2 Å². The highest BCUT2D eigenvalue weighted by Gasteiger charge is 2.10. The summed E-state index contributed by atoms with van der Waals surface area (Å²) in [5, 5.41) is 0. The van der Waals surface area contributed by atoms with E-state index in [2.05, 4.69) is 47.2 Å². The molecule has 1 aliphatic heterocycles. The monoisotopic (exact) mass is 234 g/mol. The fourth-order valence-corrected chi connectivity index (χ4v) is 2.11. The van der Waals surface area contributed by atoms with Gasteiger partial charge in [-0.3, -0.25) is 4.90 Å². The Kier molecular flexibility index (Phi) is 4.98. The summed E-state index contributed by atoms with van der Waals surface area (Å²) in [6.45, 7) is 7.25. The van der Waals surface area contributed by atoms with Crippen molar-refractivity contribution < 1.29 is 4.74 Å². The Hall–Kier alpha value is -0.900. The molecule has 17 heavy (non-hydrogen) atoms. The van der Waals surface area contributed by atoms with Crippen molar-refractivity contribution in [1.29, 1.82) is 0 Å². The van der Waals surface area contributed by atoms with Crippen molar-refractivity contribution in [2.45, 2.75) is 6.54 Å². The molecule has 0 saturated carbocycles. The van der Waals surface area contributed by atoms with Crippen molar-refractivity contribution in [1.82, 2.24) is 9.80 Å². The van der Waals surface area contributed by atoms with Crippen molar-refractivity contribution >= 4 is 0 Å². The van der Waals surface area contributed by atoms with Gasteiger partial charge in [-0.25, -0.2) is 0 Å². The minimum absolute atomic E-state index is 0.891. The highest BCUT2D eigenvalue weighted by molar-refractivity contribution is 5.14. The van der Waals surface area contributed by atoms with E-state index < -0.39 is 0 Å². The van der Waals surface area contributed by atoms with Gasteiger partial charge in [0.1, 0.15) is 0 Å². The minimum Gasteiger partial charge on any atom is -0.379 e. The van der Waals surface area contributed by atoms with Crippen molar-refractivity contribution in [3.05, 3.63) is 35.9 Å². The highest BCUT2D eigenvalue weighted by atomic mass is 16.5. The molecule has 0 amide bonds. The second-order valence-electron chi connectivity index (χ2n) is 4.68. The van der Waals surface area contributed by atoms with Crippen LogP contribution in [0, 0.1) is 0 Å². The Bertz CT molecular complexity index is 309. The molecule has 1 fully saturated rings. The SMILES string of the molecule is CN(CCN1CCOCC1)Cc1ccccc1. The molecular formula is C14H22N2O. The summed E-state index contributed by atoms with van der Waals surface area (Å²) in [7, 11) is 2.19. The molecule has 0 aliphatic carbocycles. The summed E-state index contributed by atoms with van der Waals surface area (Å²) in [5.74, 6) is 0. The summed E-state index contributed by atoms with van der Waals surface area (Å²) in [6, 6.07) is 10.6. The molecule has 0 atom stereocenters. The predicted molar refractivity (Wildman–Crippen MR) is 70.0 cm³/mol. The summed E-state index contributed by atoms with van der Waals surface area (Å²) in [4.78, 5) is 4.86. The van der Waals surface area contributed by atoms with Gasteiger partial charge in [-0.15, -0.1) is 0 Å².